The Kier molecular flexibility index (Phi) is 3.87. The number of anilines is 1. The molecule has 0 bridgehead atoms. The highest BCUT2D eigenvalue weighted by molar-refractivity contribution is 6.59. The van der Waals surface area contributed by atoms with Crippen molar-refractivity contribution >= 4 is 18.5 Å². The fraction of sp³-hybridized carbons (Fsp3) is 0.667. The molecule has 5 nitrogen and oxygen atoms in total. The predicted octanol–water partition coefficient (Wildman–Crippen LogP) is 0.437. The molecule has 98 valence electrons. The van der Waals surface area contributed by atoms with Crippen LogP contribution in [0.4, 0.5) is 5.95 Å². The van der Waals surface area contributed by atoms with Crippen molar-refractivity contribution < 1.29 is 9.68 Å². The van der Waals surface area contributed by atoms with E-state index < -0.39 is 7.12 Å². The molecule has 0 unspecified atom stereocenters. The van der Waals surface area contributed by atoms with Gasteiger partial charge in [-0.3, -0.25) is 0 Å². The van der Waals surface area contributed by atoms with Gasteiger partial charge in [-0.1, -0.05) is 20.8 Å². The minimum Gasteiger partial charge on any atom is -0.423 e. The molecule has 1 fully saturated rings. The third-order valence-corrected chi connectivity index (χ3v) is 2.76. The monoisotopic (exact) mass is 249 g/mol. The molecule has 1 aliphatic heterocycles. The molecule has 0 aliphatic carbocycles. The summed E-state index contributed by atoms with van der Waals surface area (Å²) in [6.07, 6.45) is 4.46. The zero-order valence-electron chi connectivity index (χ0n) is 11.3. The van der Waals surface area contributed by atoms with Crippen LogP contribution in [0, 0.1) is 5.41 Å². The quantitative estimate of drug-likeness (QED) is 0.784. The van der Waals surface area contributed by atoms with E-state index in [-0.39, 0.29) is 5.41 Å². The maximum Gasteiger partial charge on any atom is 0.494 e. The summed E-state index contributed by atoms with van der Waals surface area (Å²) in [6.45, 7) is 8.70. The smallest absolute Gasteiger partial charge is 0.423 e. The van der Waals surface area contributed by atoms with Gasteiger partial charge in [0.25, 0.3) is 0 Å². The fourth-order valence-corrected chi connectivity index (χ4v) is 1.56. The lowest BCUT2D eigenvalue weighted by molar-refractivity contribution is 0.174. The van der Waals surface area contributed by atoms with Gasteiger partial charge >= 0.3 is 7.12 Å². The maximum atomic E-state index is 9.87. The number of hydrogen-bond acceptors (Lipinski definition) is 5. The normalized spacial score (nSPS) is 15.4. The van der Waals surface area contributed by atoms with Gasteiger partial charge in [0.05, 0.1) is 0 Å². The molecular weight excluding hydrogens is 229 g/mol. The van der Waals surface area contributed by atoms with Crippen LogP contribution in [0.2, 0.25) is 0 Å². The maximum absolute atomic E-state index is 9.87. The van der Waals surface area contributed by atoms with Gasteiger partial charge < -0.3 is 14.6 Å². The van der Waals surface area contributed by atoms with Crippen LogP contribution in [0.1, 0.15) is 27.2 Å². The van der Waals surface area contributed by atoms with E-state index >= 15 is 0 Å². The molecule has 2 heterocycles. The molecule has 1 aliphatic rings. The number of aromatic nitrogens is 2. The molecule has 1 saturated heterocycles. The molecule has 0 atom stereocenters. The molecule has 2 rings (SSSR count). The highest BCUT2D eigenvalue weighted by atomic mass is 16.5. The summed E-state index contributed by atoms with van der Waals surface area (Å²) < 4.78 is 5.40. The Balaban J connectivity index is 1.91. The molecule has 0 amide bonds. The van der Waals surface area contributed by atoms with E-state index in [0.717, 1.165) is 19.0 Å². The summed E-state index contributed by atoms with van der Waals surface area (Å²) in [4.78, 5) is 10.6. The topological polar surface area (TPSA) is 58.5 Å². The van der Waals surface area contributed by atoms with E-state index in [0.29, 0.717) is 12.1 Å². The molecule has 1 aromatic heterocycles. The van der Waals surface area contributed by atoms with Gasteiger partial charge in [0.2, 0.25) is 5.95 Å². The molecule has 18 heavy (non-hydrogen) atoms. The second-order valence-electron chi connectivity index (χ2n) is 5.88. The van der Waals surface area contributed by atoms with Crippen molar-refractivity contribution in [2.75, 3.05) is 24.6 Å². The van der Waals surface area contributed by atoms with Crippen LogP contribution < -0.4 is 10.4 Å². The van der Waals surface area contributed by atoms with Crippen LogP contribution in [-0.2, 0) is 4.65 Å². The zero-order valence-corrected chi connectivity index (χ0v) is 11.3. The average Bonchev–Trinajstić information content (AvgIpc) is 2.23. The van der Waals surface area contributed by atoms with E-state index in [1.807, 2.05) is 0 Å². The number of nitrogens with zero attached hydrogens (tertiary/aromatic N) is 3. The average molecular weight is 249 g/mol. The fourth-order valence-electron chi connectivity index (χ4n) is 1.56. The van der Waals surface area contributed by atoms with Crippen LogP contribution in [0.25, 0.3) is 0 Å². The van der Waals surface area contributed by atoms with Crippen LogP contribution in [0.5, 0.6) is 0 Å². The van der Waals surface area contributed by atoms with Gasteiger partial charge in [-0.15, -0.1) is 0 Å². The summed E-state index contributed by atoms with van der Waals surface area (Å²) in [6, 6.07) is 0. The van der Waals surface area contributed by atoms with E-state index in [1.54, 1.807) is 12.4 Å². The Morgan fingerprint density at radius 2 is 1.94 bits per heavy atom. The van der Waals surface area contributed by atoms with E-state index in [2.05, 4.69) is 35.6 Å². The van der Waals surface area contributed by atoms with E-state index in [9.17, 15) is 5.02 Å². The van der Waals surface area contributed by atoms with Crippen molar-refractivity contribution in [3.05, 3.63) is 12.4 Å². The molecule has 0 radical (unpaired) electrons. The van der Waals surface area contributed by atoms with Crippen molar-refractivity contribution in [1.82, 2.24) is 9.97 Å². The van der Waals surface area contributed by atoms with Crippen LogP contribution in [0.15, 0.2) is 12.4 Å². The van der Waals surface area contributed by atoms with Gasteiger partial charge in [-0.2, -0.15) is 0 Å². The summed E-state index contributed by atoms with van der Waals surface area (Å²) in [5, 5.41) is 9.87. The molecule has 0 aromatic carbocycles. The first-order valence-corrected chi connectivity index (χ1v) is 6.32. The Morgan fingerprint density at radius 1 is 1.33 bits per heavy atom. The Hall–Kier alpha value is -1.14. The predicted molar refractivity (Wildman–Crippen MR) is 71.9 cm³/mol. The lowest BCUT2D eigenvalue weighted by Crippen LogP contribution is -2.40. The molecule has 0 spiro atoms. The van der Waals surface area contributed by atoms with Crippen LogP contribution >= 0.6 is 0 Å². The van der Waals surface area contributed by atoms with Gasteiger partial charge in [-0.05, 0) is 11.8 Å². The van der Waals surface area contributed by atoms with Gasteiger partial charge in [0, 0.05) is 37.6 Å². The molecular formula is C12H20BN3O2. The van der Waals surface area contributed by atoms with Gasteiger partial charge in [0.15, 0.2) is 0 Å². The van der Waals surface area contributed by atoms with Crippen LogP contribution in [0.3, 0.4) is 0 Å². The molecule has 1 aromatic rings. The van der Waals surface area contributed by atoms with E-state index in [1.165, 1.54) is 6.42 Å². The van der Waals surface area contributed by atoms with Crippen LogP contribution in [-0.4, -0.2) is 41.8 Å². The van der Waals surface area contributed by atoms with Gasteiger partial charge in [-0.25, -0.2) is 9.97 Å². The number of rotatable bonds is 4. The minimum atomic E-state index is -0.949. The SMILES string of the molecule is CC(C)(C)COB(O)c1cnc(N2CCC2)nc1. The lowest BCUT2D eigenvalue weighted by atomic mass is 9.81. The highest BCUT2D eigenvalue weighted by Gasteiger charge is 2.22. The minimum absolute atomic E-state index is 0.0272. The highest BCUT2D eigenvalue weighted by Crippen LogP contribution is 2.14. The Morgan fingerprint density at radius 3 is 2.39 bits per heavy atom. The zero-order chi connectivity index (χ0) is 13.2. The van der Waals surface area contributed by atoms with Crippen molar-refractivity contribution in [3.8, 4) is 0 Å². The summed E-state index contributed by atoms with van der Waals surface area (Å²) >= 11 is 0. The van der Waals surface area contributed by atoms with Crippen molar-refractivity contribution in [1.29, 1.82) is 0 Å². The standard InChI is InChI=1S/C12H20BN3O2/c1-12(2,3)9-18-13(17)10-7-14-11(15-8-10)16-5-4-6-16/h7-8,17H,4-6,9H2,1-3H3. The van der Waals surface area contributed by atoms with Gasteiger partial charge in [0.1, 0.15) is 0 Å². The molecule has 6 heteroatoms. The summed E-state index contributed by atoms with van der Waals surface area (Å²) in [5.74, 6) is 0.730. The first kappa shape index (κ1) is 13.3. The first-order valence-electron chi connectivity index (χ1n) is 6.32. The summed E-state index contributed by atoms with van der Waals surface area (Å²) in [7, 11) is -0.949. The summed E-state index contributed by atoms with van der Waals surface area (Å²) in [5.41, 5.74) is 0.628. The Labute approximate surface area is 108 Å². The second-order valence-corrected chi connectivity index (χ2v) is 5.88. The van der Waals surface area contributed by atoms with E-state index in [4.69, 9.17) is 4.65 Å². The first-order chi connectivity index (χ1) is 8.46. The largest absolute Gasteiger partial charge is 0.494 e. The van der Waals surface area contributed by atoms with Crippen molar-refractivity contribution in [2.24, 2.45) is 5.41 Å². The van der Waals surface area contributed by atoms with Crippen molar-refractivity contribution in [3.63, 3.8) is 0 Å². The number of hydrogen-bond donors (Lipinski definition) is 1. The van der Waals surface area contributed by atoms with Crippen molar-refractivity contribution in [2.45, 2.75) is 27.2 Å². The molecule has 0 saturated carbocycles. The lowest BCUT2D eigenvalue weighted by Gasteiger charge is -2.30. The molecule has 1 N–H and O–H groups in total. The second kappa shape index (κ2) is 5.24. The third-order valence-electron chi connectivity index (χ3n) is 2.76. The Bertz CT molecular complexity index is 387. The third kappa shape index (κ3) is 3.43.